The highest BCUT2D eigenvalue weighted by Gasteiger charge is 2.09. The van der Waals surface area contributed by atoms with Crippen molar-refractivity contribution < 1.29 is 5.21 Å². The molecule has 82 valence electrons. The fourth-order valence-corrected chi connectivity index (χ4v) is 1.64. The van der Waals surface area contributed by atoms with Crippen LogP contribution in [0, 0.1) is 11.3 Å². The topological polar surface area (TPSA) is 68.7 Å². The van der Waals surface area contributed by atoms with Crippen LogP contribution in [0.25, 0.3) is 11.1 Å². The molecule has 0 aliphatic carbocycles. The fourth-order valence-electron chi connectivity index (χ4n) is 1.64. The summed E-state index contributed by atoms with van der Waals surface area (Å²) in [5, 5.41) is 23.9. The lowest BCUT2D eigenvalue weighted by Crippen LogP contribution is -1.82. The lowest BCUT2D eigenvalue weighted by Gasteiger charge is -2.05. The second kappa shape index (κ2) is 4.90. The SMILES string of the molecule is N#Cc1cccc(-c2ccccc2)c1N=NO. The standard InChI is InChI=1S/C13H9N3O/c14-9-11-7-4-8-12(13(11)15-16-17)10-5-2-1-3-6-10/h1-8H,(H,15,17). The van der Waals surface area contributed by atoms with Gasteiger partial charge in [0.1, 0.15) is 11.8 Å². The molecular formula is C13H9N3O. The molecule has 0 fully saturated rings. The van der Waals surface area contributed by atoms with Crippen LogP contribution in [0.15, 0.2) is 58.9 Å². The molecule has 1 N–H and O–H groups in total. The lowest BCUT2D eigenvalue weighted by molar-refractivity contribution is 0.289. The number of hydrogen-bond acceptors (Lipinski definition) is 3. The molecule has 0 aromatic heterocycles. The zero-order valence-electron chi connectivity index (χ0n) is 8.91. The van der Waals surface area contributed by atoms with Gasteiger partial charge in [-0.1, -0.05) is 42.5 Å². The van der Waals surface area contributed by atoms with Crippen LogP contribution in [0.2, 0.25) is 0 Å². The van der Waals surface area contributed by atoms with E-state index in [1.165, 1.54) is 0 Å². The highest BCUT2D eigenvalue weighted by molar-refractivity contribution is 5.79. The van der Waals surface area contributed by atoms with Gasteiger partial charge in [0.15, 0.2) is 0 Å². The summed E-state index contributed by atoms with van der Waals surface area (Å²) in [7, 11) is 0. The average molecular weight is 223 g/mol. The average Bonchev–Trinajstić information content (AvgIpc) is 2.40. The largest absolute Gasteiger partial charge is 0.394 e. The minimum absolute atomic E-state index is 0.378. The maximum absolute atomic E-state index is 8.98. The smallest absolute Gasteiger partial charge is 0.114 e. The quantitative estimate of drug-likeness (QED) is 0.623. The van der Waals surface area contributed by atoms with Crippen molar-refractivity contribution >= 4 is 5.69 Å². The Morgan fingerprint density at radius 3 is 2.41 bits per heavy atom. The summed E-state index contributed by atoms with van der Waals surface area (Å²) in [6, 6.07) is 16.8. The lowest BCUT2D eigenvalue weighted by atomic mass is 10.0. The van der Waals surface area contributed by atoms with E-state index >= 15 is 0 Å². The molecule has 0 bridgehead atoms. The van der Waals surface area contributed by atoms with Gasteiger partial charge in [0.25, 0.3) is 0 Å². The maximum atomic E-state index is 8.98. The molecule has 2 aromatic rings. The molecule has 0 aliphatic heterocycles. The van der Waals surface area contributed by atoms with Crippen molar-refractivity contribution in [3.8, 4) is 17.2 Å². The van der Waals surface area contributed by atoms with Gasteiger partial charge in [-0.25, -0.2) is 0 Å². The van der Waals surface area contributed by atoms with Gasteiger partial charge in [-0.3, -0.25) is 0 Å². The number of hydrogen-bond donors (Lipinski definition) is 1. The summed E-state index contributed by atoms with van der Waals surface area (Å²) in [4.78, 5) is 0. The number of nitrogens with zero attached hydrogens (tertiary/aromatic N) is 3. The van der Waals surface area contributed by atoms with Crippen LogP contribution in [0.3, 0.4) is 0 Å². The van der Waals surface area contributed by atoms with Crippen molar-refractivity contribution in [2.75, 3.05) is 0 Å². The van der Waals surface area contributed by atoms with Crippen LogP contribution in [0.1, 0.15) is 5.56 Å². The van der Waals surface area contributed by atoms with Crippen molar-refractivity contribution in [3.05, 3.63) is 54.1 Å². The molecule has 0 radical (unpaired) electrons. The van der Waals surface area contributed by atoms with Crippen molar-refractivity contribution in [1.29, 1.82) is 5.26 Å². The van der Waals surface area contributed by atoms with Gasteiger partial charge in [-0.05, 0) is 11.6 Å². The molecule has 4 heteroatoms. The Hall–Kier alpha value is -2.67. The molecule has 2 aromatic carbocycles. The maximum Gasteiger partial charge on any atom is 0.114 e. The molecule has 0 aliphatic rings. The van der Waals surface area contributed by atoms with Crippen molar-refractivity contribution in [2.24, 2.45) is 10.4 Å². The van der Waals surface area contributed by atoms with Crippen LogP contribution in [0.4, 0.5) is 5.69 Å². The Bertz CT molecular complexity index is 585. The van der Waals surface area contributed by atoms with Crippen molar-refractivity contribution in [3.63, 3.8) is 0 Å². The Morgan fingerprint density at radius 2 is 1.76 bits per heavy atom. The Labute approximate surface area is 98.4 Å². The van der Waals surface area contributed by atoms with E-state index in [1.54, 1.807) is 12.1 Å². The third-order valence-electron chi connectivity index (χ3n) is 2.39. The van der Waals surface area contributed by atoms with E-state index in [2.05, 4.69) is 10.4 Å². The minimum Gasteiger partial charge on any atom is -0.394 e. The van der Waals surface area contributed by atoms with E-state index in [4.69, 9.17) is 10.5 Å². The Balaban J connectivity index is 2.67. The summed E-state index contributed by atoms with van der Waals surface area (Å²) >= 11 is 0. The molecule has 0 atom stereocenters. The monoisotopic (exact) mass is 223 g/mol. The predicted octanol–water partition coefficient (Wildman–Crippen LogP) is 3.70. The van der Waals surface area contributed by atoms with Crippen molar-refractivity contribution in [2.45, 2.75) is 0 Å². The molecule has 0 saturated carbocycles. The van der Waals surface area contributed by atoms with E-state index in [9.17, 15) is 0 Å². The Morgan fingerprint density at radius 1 is 1.00 bits per heavy atom. The molecule has 4 nitrogen and oxygen atoms in total. The van der Waals surface area contributed by atoms with E-state index in [0.29, 0.717) is 11.3 Å². The Kier molecular flexibility index (Phi) is 3.13. The zero-order chi connectivity index (χ0) is 12.1. The highest BCUT2D eigenvalue weighted by Crippen LogP contribution is 2.33. The zero-order valence-corrected chi connectivity index (χ0v) is 8.91. The highest BCUT2D eigenvalue weighted by atomic mass is 16.5. The first-order valence-electron chi connectivity index (χ1n) is 5.00. The number of nitriles is 1. The van der Waals surface area contributed by atoms with E-state index in [0.717, 1.165) is 11.1 Å². The van der Waals surface area contributed by atoms with Gasteiger partial charge in [0.2, 0.25) is 0 Å². The van der Waals surface area contributed by atoms with Crippen LogP contribution in [0.5, 0.6) is 0 Å². The molecule has 17 heavy (non-hydrogen) atoms. The number of rotatable bonds is 2. The molecule has 0 heterocycles. The molecule has 0 saturated heterocycles. The summed E-state index contributed by atoms with van der Waals surface area (Å²) in [6.45, 7) is 0. The van der Waals surface area contributed by atoms with Gasteiger partial charge in [-0.2, -0.15) is 5.26 Å². The first-order chi connectivity index (χ1) is 8.36. The normalized spacial score (nSPS) is 10.3. The first kappa shape index (κ1) is 10.8. The van der Waals surface area contributed by atoms with E-state index < -0.39 is 0 Å². The molecule has 0 spiro atoms. The van der Waals surface area contributed by atoms with E-state index in [-0.39, 0.29) is 0 Å². The molecule has 0 unspecified atom stereocenters. The third-order valence-corrected chi connectivity index (χ3v) is 2.39. The van der Waals surface area contributed by atoms with Gasteiger partial charge < -0.3 is 5.21 Å². The van der Waals surface area contributed by atoms with Crippen LogP contribution < -0.4 is 0 Å². The molecular weight excluding hydrogens is 214 g/mol. The van der Waals surface area contributed by atoms with Crippen LogP contribution in [-0.2, 0) is 0 Å². The second-order valence-corrected chi connectivity index (χ2v) is 3.37. The number of benzene rings is 2. The fraction of sp³-hybridized carbons (Fsp3) is 0. The van der Waals surface area contributed by atoms with Gasteiger partial charge >= 0.3 is 0 Å². The minimum atomic E-state index is 0.378. The summed E-state index contributed by atoms with van der Waals surface area (Å²) in [5.41, 5.74) is 2.45. The first-order valence-corrected chi connectivity index (χ1v) is 5.00. The van der Waals surface area contributed by atoms with Gasteiger partial charge in [-0.15, -0.1) is 5.11 Å². The van der Waals surface area contributed by atoms with Crippen LogP contribution >= 0.6 is 0 Å². The van der Waals surface area contributed by atoms with Crippen LogP contribution in [-0.4, -0.2) is 5.21 Å². The predicted molar refractivity (Wildman–Crippen MR) is 62.9 cm³/mol. The van der Waals surface area contributed by atoms with Gasteiger partial charge in [0, 0.05) is 10.8 Å². The molecule has 0 amide bonds. The summed E-state index contributed by atoms with van der Waals surface area (Å²) in [5.74, 6) is 0. The van der Waals surface area contributed by atoms with Gasteiger partial charge in [0.05, 0.1) is 5.56 Å². The third kappa shape index (κ3) is 2.13. The summed E-state index contributed by atoms with van der Waals surface area (Å²) < 4.78 is 0. The molecule has 2 rings (SSSR count). The van der Waals surface area contributed by atoms with Crippen molar-refractivity contribution in [1.82, 2.24) is 0 Å². The summed E-state index contributed by atoms with van der Waals surface area (Å²) in [6.07, 6.45) is 0. The van der Waals surface area contributed by atoms with E-state index in [1.807, 2.05) is 42.5 Å². The second-order valence-electron chi connectivity index (χ2n) is 3.37.